The fourth-order valence-electron chi connectivity index (χ4n) is 0.968. The first-order valence-corrected chi connectivity index (χ1v) is 5.29. The highest BCUT2D eigenvalue weighted by atomic mass is 19.4. The zero-order chi connectivity index (χ0) is 16.6. The molecule has 0 radical (unpaired) electrons. The van der Waals surface area contributed by atoms with Gasteiger partial charge in [-0.3, -0.25) is 4.79 Å². The van der Waals surface area contributed by atoms with Crippen LogP contribution in [0, 0.1) is 0 Å². The number of hydrogen-bond acceptors (Lipinski definition) is 5. The molecule has 11 heteroatoms. The molecule has 0 amide bonds. The van der Waals surface area contributed by atoms with Crippen molar-refractivity contribution < 1.29 is 42.5 Å². The van der Waals surface area contributed by atoms with Crippen LogP contribution in [0.5, 0.6) is 0 Å². The Labute approximate surface area is 115 Å². The van der Waals surface area contributed by atoms with Gasteiger partial charge in [0.2, 0.25) is 5.82 Å². The van der Waals surface area contributed by atoms with Crippen LogP contribution in [0.1, 0.15) is 17.5 Å². The first-order chi connectivity index (χ1) is 9.59. The van der Waals surface area contributed by atoms with Gasteiger partial charge in [0.05, 0.1) is 6.61 Å². The fraction of sp³-hybridized carbons (Fsp3) is 0.400. The van der Waals surface area contributed by atoms with E-state index in [-0.39, 0.29) is 19.0 Å². The lowest BCUT2D eigenvalue weighted by Crippen LogP contribution is -2.21. The molecule has 0 bridgehead atoms. The van der Waals surface area contributed by atoms with Crippen LogP contribution in [0.2, 0.25) is 0 Å². The summed E-state index contributed by atoms with van der Waals surface area (Å²) in [5.41, 5.74) is 0. The highest BCUT2D eigenvalue weighted by Gasteiger charge is 2.38. The number of aromatic nitrogens is 2. The monoisotopic (exact) mass is 312 g/mol. The Kier molecular flexibility index (Phi) is 6.90. The number of ether oxygens (including phenoxy) is 1. The topological polar surface area (TPSA) is 119 Å². The molecule has 0 spiro atoms. The van der Waals surface area contributed by atoms with Gasteiger partial charge in [-0.25, -0.2) is 14.6 Å². The van der Waals surface area contributed by atoms with Crippen LogP contribution in [0.25, 0.3) is 0 Å². The summed E-state index contributed by atoms with van der Waals surface area (Å²) in [6.45, 7) is 1.61. The molecule has 1 rings (SSSR count). The molecule has 21 heavy (non-hydrogen) atoms. The lowest BCUT2D eigenvalue weighted by Gasteiger charge is -2.03. The minimum absolute atomic E-state index is 0.00856. The average Bonchev–Trinajstić information content (AvgIpc) is 2.76. The molecule has 0 aromatic carbocycles. The number of esters is 1. The predicted octanol–water partition coefficient (Wildman–Crippen LogP) is 0.778. The van der Waals surface area contributed by atoms with Gasteiger partial charge in [0.25, 0.3) is 0 Å². The zero-order valence-corrected chi connectivity index (χ0v) is 10.6. The Morgan fingerprint density at radius 3 is 2.24 bits per heavy atom. The van der Waals surface area contributed by atoms with Crippen LogP contribution < -0.4 is 0 Å². The van der Waals surface area contributed by atoms with E-state index in [0.717, 1.165) is 0 Å². The van der Waals surface area contributed by atoms with E-state index in [9.17, 15) is 22.8 Å². The van der Waals surface area contributed by atoms with Gasteiger partial charge in [-0.05, 0) is 6.92 Å². The van der Waals surface area contributed by atoms with Crippen LogP contribution in [0.3, 0.4) is 0 Å². The summed E-state index contributed by atoms with van der Waals surface area (Å²) in [6, 6.07) is 0. The number of carbonyl (C=O) groups excluding carboxylic acids is 1. The third-order valence-corrected chi connectivity index (χ3v) is 1.72. The van der Waals surface area contributed by atoms with Crippen LogP contribution in [0.4, 0.5) is 13.2 Å². The first kappa shape index (κ1) is 18.4. The van der Waals surface area contributed by atoms with E-state index in [1.165, 1.54) is 17.0 Å². The fourth-order valence-corrected chi connectivity index (χ4v) is 0.968. The molecule has 0 fully saturated rings. The van der Waals surface area contributed by atoms with Crippen molar-refractivity contribution in [3.8, 4) is 0 Å². The van der Waals surface area contributed by atoms with E-state index < -0.39 is 24.1 Å². The number of aliphatic carboxylic acids is 2. The smallest absolute Gasteiger partial charge is 0.480 e. The molecule has 0 saturated heterocycles. The Balaban J connectivity index is 0.000000486. The summed E-state index contributed by atoms with van der Waals surface area (Å²) in [5.74, 6) is -4.39. The number of nitrogens with zero attached hydrogens (tertiary/aromatic N) is 2. The Hall–Kier alpha value is -2.59. The molecule has 8 nitrogen and oxygen atoms in total. The third-order valence-electron chi connectivity index (χ3n) is 1.72. The summed E-state index contributed by atoms with van der Waals surface area (Å²) >= 11 is 0. The number of carbonyl (C=O) groups is 3. The molecule has 0 unspecified atom stereocenters. The summed E-state index contributed by atoms with van der Waals surface area (Å²) in [7, 11) is 0. The van der Waals surface area contributed by atoms with E-state index in [0.29, 0.717) is 0 Å². The normalized spacial score (nSPS) is 10.3. The number of carboxylic acid groups (broad SMARTS) is 2. The minimum atomic E-state index is -5.08. The molecule has 1 aromatic heterocycles. The van der Waals surface area contributed by atoms with E-state index in [1.807, 2.05) is 0 Å². The first-order valence-electron chi connectivity index (χ1n) is 5.29. The lowest BCUT2D eigenvalue weighted by atomic mass is 10.5. The minimum Gasteiger partial charge on any atom is -0.480 e. The molecular weight excluding hydrogens is 301 g/mol. The van der Waals surface area contributed by atoms with Crippen molar-refractivity contribution in [3.63, 3.8) is 0 Å². The van der Waals surface area contributed by atoms with Crippen molar-refractivity contribution in [1.29, 1.82) is 0 Å². The van der Waals surface area contributed by atoms with Gasteiger partial charge in [-0.1, -0.05) is 0 Å². The largest absolute Gasteiger partial charge is 0.490 e. The maximum atomic E-state index is 11.2. The summed E-state index contributed by atoms with van der Waals surface area (Å²) in [4.78, 5) is 34.2. The molecule has 0 aliphatic rings. The maximum absolute atomic E-state index is 11.2. The van der Waals surface area contributed by atoms with E-state index in [1.54, 1.807) is 6.92 Å². The van der Waals surface area contributed by atoms with Gasteiger partial charge in [-0.2, -0.15) is 13.2 Å². The average molecular weight is 312 g/mol. The molecule has 118 valence electrons. The maximum Gasteiger partial charge on any atom is 0.490 e. The number of rotatable bonds is 4. The lowest BCUT2D eigenvalue weighted by molar-refractivity contribution is -0.192. The molecular formula is C10H11F3N2O6. The van der Waals surface area contributed by atoms with E-state index >= 15 is 0 Å². The number of halogens is 3. The second kappa shape index (κ2) is 7.87. The number of hydrogen-bond donors (Lipinski definition) is 2. The van der Waals surface area contributed by atoms with Gasteiger partial charge in [0.15, 0.2) is 0 Å². The summed E-state index contributed by atoms with van der Waals surface area (Å²) in [6.07, 6.45) is -2.31. The summed E-state index contributed by atoms with van der Waals surface area (Å²) < 4.78 is 37.7. The van der Waals surface area contributed by atoms with Crippen LogP contribution >= 0.6 is 0 Å². The van der Waals surface area contributed by atoms with Crippen molar-refractivity contribution in [2.45, 2.75) is 19.6 Å². The third kappa shape index (κ3) is 6.94. The molecule has 1 heterocycles. The molecule has 1 aromatic rings. The number of alkyl halides is 3. The second-order valence-corrected chi connectivity index (χ2v) is 3.30. The quantitative estimate of drug-likeness (QED) is 0.788. The van der Waals surface area contributed by atoms with Gasteiger partial charge in [0.1, 0.15) is 6.54 Å². The molecule has 0 atom stereocenters. The Bertz CT molecular complexity index is 511. The van der Waals surface area contributed by atoms with Crippen molar-refractivity contribution in [1.82, 2.24) is 9.55 Å². The van der Waals surface area contributed by atoms with E-state index in [2.05, 4.69) is 4.98 Å². The van der Waals surface area contributed by atoms with Crippen LogP contribution in [-0.2, 0) is 20.9 Å². The zero-order valence-electron chi connectivity index (χ0n) is 10.6. The number of imidazole rings is 1. The van der Waals surface area contributed by atoms with Crippen LogP contribution in [0.15, 0.2) is 12.4 Å². The van der Waals surface area contributed by atoms with Gasteiger partial charge in [-0.15, -0.1) is 0 Å². The number of carboxylic acids is 2. The molecule has 0 aliphatic heterocycles. The Morgan fingerprint density at radius 1 is 1.33 bits per heavy atom. The van der Waals surface area contributed by atoms with E-state index in [4.69, 9.17) is 19.7 Å². The standard InChI is InChI=1S/C8H10N2O4.C2HF3O2/c1-2-14-8(13)7-9-3-4-10(7)5-6(11)12;3-2(4,5)1(6)7/h3-4H,2,5H2,1H3,(H,11,12);(H,6,7). The molecule has 2 N–H and O–H groups in total. The van der Waals surface area contributed by atoms with Gasteiger partial charge in [0, 0.05) is 12.4 Å². The SMILES string of the molecule is CCOC(=O)c1nccn1CC(=O)O.O=C(O)C(F)(F)F. The highest BCUT2D eigenvalue weighted by molar-refractivity contribution is 5.86. The van der Waals surface area contributed by atoms with Crippen molar-refractivity contribution >= 4 is 17.9 Å². The predicted molar refractivity (Wildman–Crippen MR) is 59.5 cm³/mol. The van der Waals surface area contributed by atoms with Gasteiger partial charge < -0.3 is 19.5 Å². The second-order valence-electron chi connectivity index (χ2n) is 3.30. The van der Waals surface area contributed by atoms with Crippen molar-refractivity contribution in [2.75, 3.05) is 6.61 Å². The highest BCUT2D eigenvalue weighted by Crippen LogP contribution is 2.13. The van der Waals surface area contributed by atoms with Crippen molar-refractivity contribution in [3.05, 3.63) is 18.2 Å². The van der Waals surface area contributed by atoms with Gasteiger partial charge >= 0.3 is 24.1 Å². The summed E-state index contributed by atoms with van der Waals surface area (Å²) in [5, 5.41) is 15.6. The molecule has 0 aliphatic carbocycles. The Morgan fingerprint density at radius 2 is 1.86 bits per heavy atom. The van der Waals surface area contributed by atoms with Crippen LogP contribution in [-0.4, -0.2) is 50.5 Å². The van der Waals surface area contributed by atoms with Crippen molar-refractivity contribution in [2.24, 2.45) is 0 Å². The molecule has 0 saturated carbocycles.